The first-order chi connectivity index (χ1) is 11.8. The molecule has 1 amide bonds. The molecule has 1 atom stereocenters. The molecule has 1 aromatic heterocycles. The van der Waals surface area contributed by atoms with Crippen molar-refractivity contribution in [2.45, 2.75) is 50.8 Å². The van der Waals surface area contributed by atoms with Gasteiger partial charge >= 0.3 is 0 Å². The summed E-state index contributed by atoms with van der Waals surface area (Å²) in [4.78, 5) is 15.2. The van der Waals surface area contributed by atoms with Crippen LogP contribution in [0.15, 0.2) is 9.42 Å². The van der Waals surface area contributed by atoms with E-state index in [4.69, 9.17) is 4.52 Å². The third kappa shape index (κ3) is 2.79. The van der Waals surface area contributed by atoms with Gasteiger partial charge < -0.3 is 9.42 Å². The normalized spacial score (nSPS) is 28.2. The topological polar surface area (TPSA) is 83.7 Å². The molecule has 0 radical (unpaired) electrons. The van der Waals surface area contributed by atoms with Crippen molar-refractivity contribution in [3.8, 4) is 0 Å². The van der Waals surface area contributed by atoms with Gasteiger partial charge in [0.15, 0.2) is 5.76 Å². The van der Waals surface area contributed by atoms with E-state index in [1.54, 1.807) is 13.8 Å². The Hall–Kier alpha value is -1.41. The molecular weight excluding hydrogens is 342 g/mol. The third-order valence-electron chi connectivity index (χ3n) is 5.88. The Morgan fingerprint density at radius 1 is 1.24 bits per heavy atom. The quantitative estimate of drug-likeness (QED) is 0.809. The lowest BCUT2D eigenvalue weighted by molar-refractivity contribution is -0.145. The van der Waals surface area contributed by atoms with Crippen LogP contribution >= 0.6 is 0 Å². The number of aryl methyl sites for hydroxylation is 2. The molecule has 1 spiro atoms. The molecule has 138 valence electrons. The lowest BCUT2D eigenvalue weighted by Crippen LogP contribution is -2.50. The number of rotatable bonds is 4. The van der Waals surface area contributed by atoms with E-state index in [1.165, 1.54) is 17.1 Å². The summed E-state index contributed by atoms with van der Waals surface area (Å²) < 4.78 is 32.6. The molecule has 1 aromatic rings. The average Bonchev–Trinajstić information content (AvgIpc) is 3.15. The van der Waals surface area contributed by atoms with Crippen molar-refractivity contribution in [3.05, 3.63) is 11.5 Å². The van der Waals surface area contributed by atoms with Crippen LogP contribution in [0.2, 0.25) is 0 Å². The highest BCUT2D eigenvalue weighted by Crippen LogP contribution is 2.43. The maximum absolute atomic E-state index is 13.1. The van der Waals surface area contributed by atoms with Crippen molar-refractivity contribution in [1.82, 2.24) is 14.4 Å². The van der Waals surface area contributed by atoms with Gasteiger partial charge in [-0.15, -0.1) is 0 Å². The van der Waals surface area contributed by atoms with E-state index in [9.17, 15) is 13.2 Å². The van der Waals surface area contributed by atoms with Crippen LogP contribution < -0.4 is 0 Å². The lowest BCUT2D eigenvalue weighted by atomic mass is 9.78. The number of hydrogen-bond donors (Lipinski definition) is 0. The van der Waals surface area contributed by atoms with Crippen LogP contribution in [-0.2, 0) is 14.8 Å². The van der Waals surface area contributed by atoms with Crippen LogP contribution in [0.1, 0.15) is 43.6 Å². The fourth-order valence-electron chi connectivity index (χ4n) is 4.33. The SMILES string of the molecule is Cc1noc(C)c1S(=O)(=O)N1CC[C@@]2(CCCN(CC3CC3)C2=O)C1. The van der Waals surface area contributed by atoms with Crippen LogP contribution in [0.25, 0.3) is 0 Å². The standard InChI is InChI=1S/C17H25N3O4S/c1-12-15(13(2)24-18-12)25(22,23)20-9-7-17(11-20)6-3-8-19(16(17)21)10-14-4-5-14/h14H,3-11H2,1-2H3/t17-/m0/s1. The summed E-state index contributed by atoms with van der Waals surface area (Å²) in [6.45, 7) is 5.57. The minimum absolute atomic E-state index is 0.155. The molecule has 25 heavy (non-hydrogen) atoms. The van der Waals surface area contributed by atoms with Crippen LogP contribution in [0.5, 0.6) is 0 Å². The van der Waals surface area contributed by atoms with Gasteiger partial charge in [0, 0.05) is 26.2 Å². The number of carbonyl (C=O) groups excluding carboxylic acids is 1. The molecule has 1 aliphatic carbocycles. The molecule has 4 rings (SSSR count). The van der Waals surface area contributed by atoms with Gasteiger partial charge in [0.25, 0.3) is 0 Å². The van der Waals surface area contributed by atoms with Crippen molar-refractivity contribution in [2.75, 3.05) is 26.2 Å². The Morgan fingerprint density at radius 3 is 2.64 bits per heavy atom. The first-order valence-corrected chi connectivity index (χ1v) is 10.5. The minimum Gasteiger partial charge on any atom is -0.360 e. The number of sulfonamides is 1. The van der Waals surface area contributed by atoms with Crippen LogP contribution in [0.4, 0.5) is 0 Å². The van der Waals surface area contributed by atoms with Gasteiger partial charge in [-0.3, -0.25) is 4.79 Å². The van der Waals surface area contributed by atoms with Gasteiger partial charge in [-0.05, 0) is 51.9 Å². The molecule has 3 fully saturated rings. The molecule has 3 heterocycles. The second-order valence-corrected chi connectivity index (χ2v) is 9.70. The van der Waals surface area contributed by atoms with Crippen molar-refractivity contribution in [3.63, 3.8) is 0 Å². The molecule has 0 aromatic carbocycles. The molecule has 0 unspecified atom stereocenters. The molecule has 0 bridgehead atoms. The predicted octanol–water partition coefficient (Wildman–Crippen LogP) is 1.70. The molecule has 3 aliphatic rings. The zero-order chi connectivity index (χ0) is 17.8. The molecule has 1 saturated carbocycles. The van der Waals surface area contributed by atoms with E-state index in [1.807, 2.05) is 4.90 Å². The first-order valence-electron chi connectivity index (χ1n) is 9.06. The highest BCUT2D eigenvalue weighted by atomic mass is 32.2. The smallest absolute Gasteiger partial charge is 0.248 e. The van der Waals surface area contributed by atoms with Crippen molar-refractivity contribution in [1.29, 1.82) is 0 Å². The molecule has 2 aliphatic heterocycles. The van der Waals surface area contributed by atoms with Gasteiger partial charge in [0.1, 0.15) is 10.6 Å². The summed E-state index contributed by atoms with van der Waals surface area (Å²) in [6, 6.07) is 0. The number of amides is 1. The maximum Gasteiger partial charge on any atom is 0.248 e. The molecule has 8 heteroatoms. The zero-order valence-corrected chi connectivity index (χ0v) is 15.6. The maximum atomic E-state index is 13.1. The molecule has 7 nitrogen and oxygen atoms in total. The number of aromatic nitrogens is 1. The summed E-state index contributed by atoms with van der Waals surface area (Å²) in [6.07, 6.45) is 4.76. The number of nitrogens with zero attached hydrogens (tertiary/aromatic N) is 3. The monoisotopic (exact) mass is 367 g/mol. The van der Waals surface area contributed by atoms with E-state index in [2.05, 4.69) is 5.16 Å². The van der Waals surface area contributed by atoms with E-state index < -0.39 is 15.4 Å². The van der Waals surface area contributed by atoms with Gasteiger partial charge in [0.05, 0.1) is 5.41 Å². The fraction of sp³-hybridized carbons (Fsp3) is 0.765. The highest BCUT2D eigenvalue weighted by Gasteiger charge is 2.52. The van der Waals surface area contributed by atoms with Gasteiger partial charge in [-0.2, -0.15) is 4.31 Å². The van der Waals surface area contributed by atoms with Crippen LogP contribution in [0, 0.1) is 25.2 Å². The Kier molecular flexibility index (Phi) is 3.95. The van der Waals surface area contributed by atoms with Crippen molar-refractivity contribution >= 4 is 15.9 Å². The lowest BCUT2D eigenvalue weighted by Gasteiger charge is -2.39. The minimum atomic E-state index is -3.68. The first kappa shape index (κ1) is 17.0. The number of piperidine rings is 1. The predicted molar refractivity (Wildman–Crippen MR) is 90.3 cm³/mol. The van der Waals surface area contributed by atoms with E-state index >= 15 is 0 Å². The highest BCUT2D eigenvalue weighted by molar-refractivity contribution is 7.89. The second-order valence-electron chi connectivity index (χ2n) is 7.82. The van der Waals surface area contributed by atoms with Crippen molar-refractivity contribution < 1.29 is 17.7 Å². The van der Waals surface area contributed by atoms with Crippen LogP contribution in [-0.4, -0.2) is 54.9 Å². The average molecular weight is 367 g/mol. The van der Waals surface area contributed by atoms with E-state index in [0.29, 0.717) is 30.3 Å². The second kappa shape index (κ2) is 5.81. The van der Waals surface area contributed by atoms with Crippen LogP contribution in [0.3, 0.4) is 0 Å². The van der Waals surface area contributed by atoms with E-state index in [0.717, 1.165) is 25.9 Å². The Morgan fingerprint density at radius 2 is 2.00 bits per heavy atom. The van der Waals surface area contributed by atoms with E-state index in [-0.39, 0.29) is 17.3 Å². The Bertz CT molecular complexity index is 779. The van der Waals surface area contributed by atoms with Gasteiger partial charge in [0.2, 0.25) is 15.9 Å². The molecule has 0 N–H and O–H groups in total. The number of likely N-dealkylation sites (tertiary alicyclic amines) is 1. The summed E-state index contributed by atoms with van der Waals surface area (Å²) in [5, 5.41) is 3.77. The third-order valence-corrected chi connectivity index (χ3v) is 7.97. The number of carbonyl (C=O) groups is 1. The zero-order valence-electron chi connectivity index (χ0n) is 14.8. The Balaban J connectivity index is 1.56. The largest absolute Gasteiger partial charge is 0.360 e. The van der Waals surface area contributed by atoms with Gasteiger partial charge in [-0.25, -0.2) is 8.42 Å². The summed E-state index contributed by atoms with van der Waals surface area (Å²) in [5.74, 6) is 1.12. The fourth-order valence-corrected chi connectivity index (χ4v) is 6.15. The van der Waals surface area contributed by atoms with Crippen molar-refractivity contribution in [2.24, 2.45) is 11.3 Å². The van der Waals surface area contributed by atoms with Gasteiger partial charge in [-0.1, -0.05) is 5.16 Å². The number of hydrogen-bond acceptors (Lipinski definition) is 5. The summed E-state index contributed by atoms with van der Waals surface area (Å²) in [5.41, 5.74) is -0.164. The molecular formula is C17H25N3O4S. The molecule has 2 saturated heterocycles. The Labute approximate surface area is 148 Å². The summed E-state index contributed by atoms with van der Waals surface area (Å²) >= 11 is 0. The summed E-state index contributed by atoms with van der Waals surface area (Å²) in [7, 11) is -3.68.